The van der Waals surface area contributed by atoms with Crippen molar-refractivity contribution < 1.29 is 13.9 Å². The summed E-state index contributed by atoms with van der Waals surface area (Å²) in [4.78, 5) is 0. The fraction of sp³-hybridized carbons (Fsp3) is 0.250. The van der Waals surface area contributed by atoms with Gasteiger partial charge in [-0.2, -0.15) is 0 Å². The van der Waals surface area contributed by atoms with Gasteiger partial charge in [0.15, 0.2) is 11.6 Å². The monoisotopic (exact) mass is 273 g/mol. The van der Waals surface area contributed by atoms with Gasteiger partial charge in [0.25, 0.3) is 0 Å². The predicted molar refractivity (Wildman–Crippen MR) is 76.0 cm³/mol. The lowest BCUT2D eigenvalue weighted by atomic mass is 10.0. The van der Waals surface area contributed by atoms with Gasteiger partial charge in [0.05, 0.1) is 20.3 Å². The molecule has 0 saturated heterocycles. The zero-order chi connectivity index (χ0) is 14.1. The van der Waals surface area contributed by atoms with E-state index < -0.39 is 0 Å². The van der Waals surface area contributed by atoms with Crippen molar-refractivity contribution in [3.05, 3.63) is 53.3 Å². The summed E-state index contributed by atoms with van der Waals surface area (Å²) in [5, 5.41) is 3.40. The van der Waals surface area contributed by atoms with Crippen molar-refractivity contribution in [3.63, 3.8) is 0 Å². The third-order valence-corrected chi connectivity index (χ3v) is 3.64. The molecule has 3 rings (SSSR count). The topological polar surface area (TPSA) is 30.5 Å². The molecule has 1 unspecified atom stereocenters. The minimum absolute atomic E-state index is 0.0810. The van der Waals surface area contributed by atoms with Crippen LogP contribution >= 0.6 is 0 Å². The van der Waals surface area contributed by atoms with Crippen LogP contribution in [0.1, 0.15) is 17.2 Å². The van der Waals surface area contributed by atoms with Gasteiger partial charge >= 0.3 is 0 Å². The fourth-order valence-corrected chi connectivity index (χ4v) is 2.57. The van der Waals surface area contributed by atoms with Crippen LogP contribution < -0.4 is 14.8 Å². The lowest BCUT2D eigenvalue weighted by Crippen LogP contribution is -2.06. The molecule has 1 atom stereocenters. The lowest BCUT2D eigenvalue weighted by Gasteiger charge is -2.12. The average molecular weight is 273 g/mol. The normalized spacial score (nSPS) is 16.4. The van der Waals surface area contributed by atoms with Crippen LogP contribution in [0.5, 0.6) is 11.5 Å². The summed E-state index contributed by atoms with van der Waals surface area (Å²) >= 11 is 0. The van der Waals surface area contributed by atoms with E-state index in [9.17, 15) is 4.39 Å². The SMILES string of the molecule is COc1ccc2c(c1)CC(c1ccc(OC)c(F)c1)N2. The molecule has 1 aliphatic rings. The van der Waals surface area contributed by atoms with Crippen LogP contribution in [-0.2, 0) is 6.42 Å². The molecule has 0 aromatic heterocycles. The van der Waals surface area contributed by atoms with E-state index >= 15 is 0 Å². The molecule has 0 bridgehead atoms. The van der Waals surface area contributed by atoms with E-state index in [0.29, 0.717) is 0 Å². The molecule has 2 aromatic rings. The van der Waals surface area contributed by atoms with Crippen LogP contribution in [0.4, 0.5) is 10.1 Å². The highest BCUT2D eigenvalue weighted by atomic mass is 19.1. The second kappa shape index (κ2) is 5.04. The third-order valence-electron chi connectivity index (χ3n) is 3.64. The predicted octanol–water partition coefficient (Wildman–Crippen LogP) is 3.55. The Bertz CT molecular complexity index is 642. The molecule has 20 heavy (non-hydrogen) atoms. The van der Waals surface area contributed by atoms with Crippen LogP contribution in [-0.4, -0.2) is 14.2 Å². The van der Waals surface area contributed by atoms with Crippen LogP contribution in [0, 0.1) is 5.82 Å². The van der Waals surface area contributed by atoms with Crippen molar-refractivity contribution in [3.8, 4) is 11.5 Å². The van der Waals surface area contributed by atoms with Gasteiger partial charge in [-0.15, -0.1) is 0 Å². The first-order valence-electron chi connectivity index (χ1n) is 6.48. The number of hydrogen-bond acceptors (Lipinski definition) is 3. The Morgan fingerprint density at radius 1 is 1.10 bits per heavy atom. The van der Waals surface area contributed by atoms with Crippen LogP contribution in [0.15, 0.2) is 36.4 Å². The Morgan fingerprint density at radius 3 is 2.65 bits per heavy atom. The van der Waals surface area contributed by atoms with Gasteiger partial charge < -0.3 is 14.8 Å². The Kier molecular flexibility index (Phi) is 3.22. The summed E-state index contributed by atoms with van der Waals surface area (Å²) in [6, 6.07) is 11.1. The van der Waals surface area contributed by atoms with Crippen molar-refractivity contribution in [1.29, 1.82) is 0 Å². The number of halogens is 1. The Hall–Kier alpha value is -2.23. The first kappa shape index (κ1) is 12.8. The summed E-state index contributed by atoms with van der Waals surface area (Å²) in [6.45, 7) is 0. The molecule has 0 amide bonds. The molecule has 3 nitrogen and oxygen atoms in total. The number of fused-ring (bicyclic) bond motifs is 1. The smallest absolute Gasteiger partial charge is 0.165 e. The number of nitrogens with one attached hydrogen (secondary N) is 1. The summed E-state index contributed by atoms with van der Waals surface area (Å²) in [5.41, 5.74) is 3.18. The molecule has 4 heteroatoms. The minimum Gasteiger partial charge on any atom is -0.497 e. The highest BCUT2D eigenvalue weighted by Crippen LogP contribution is 2.37. The Balaban J connectivity index is 1.86. The number of hydrogen-bond donors (Lipinski definition) is 1. The maximum atomic E-state index is 13.8. The highest BCUT2D eigenvalue weighted by Gasteiger charge is 2.23. The molecule has 0 fully saturated rings. The molecular weight excluding hydrogens is 257 g/mol. The summed E-state index contributed by atoms with van der Waals surface area (Å²) in [6.07, 6.45) is 0.818. The standard InChI is InChI=1S/C16H16FNO2/c1-19-12-4-5-14-11(7-12)9-15(18-14)10-3-6-16(20-2)13(17)8-10/h3-8,15,18H,9H2,1-2H3. The molecule has 0 saturated carbocycles. The van der Waals surface area contributed by atoms with Gasteiger partial charge in [-0.25, -0.2) is 4.39 Å². The van der Waals surface area contributed by atoms with E-state index in [0.717, 1.165) is 23.4 Å². The first-order valence-corrected chi connectivity index (χ1v) is 6.48. The molecule has 0 spiro atoms. The van der Waals surface area contributed by atoms with Crippen molar-refractivity contribution in [2.24, 2.45) is 0 Å². The lowest BCUT2D eigenvalue weighted by molar-refractivity contribution is 0.386. The molecular formula is C16H16FNO2. The minimum atomic E-state index is -0.333. The van der Waals surface area contributed by atoms with Crippen LogP contribution in [0.3, 0.4) is 0 Å². The second-order valence-corrected chi connectivity index (χ2v) is 4.82. The van der Waals surface area contributed by atoms with E-state index in [2.05, 4.69) is 5.32 Å². The number of anilines is 1. The van der Waals surface area contributed by atoms with Crippen LogP contribution in [0.2, 0.25) is 0 Å². The zero-order valence-corrected chi connectivity index (χ0v) is 11.4. The first-order chi connectivity index (χ1) is 9.71. The zero-order valence-electron chi connectivity index (χ0n) is 11.4. The third kappa shape index (κ3) is 2.18. The van der Waals surface area contributed by atoms with Gasteiger partial charge in [0.1, 0.15) is 5.75 Å². The number of benzene rings is 2. The van der Waals surface area contributed by atoms with E-state index in [1.807, 2.05) is 24.3 Å². The summed E-state index contributed by atoms with van der Waals surface area (Å²) < 4.78 is 23.9. The van der Waals surface area contributed by atoms with Gasteiger partial charge in [-0.3, -0.25) is 0 Å². The molecule has 1 N–H and O–H groups in total. The maximum absolute atomic E-state index is 13.8. The number of ether oxygens (including phenoxy) is 2. The number of rotatable bonds is 3. The average Bonchev–Trinajstić information content (AvgIpc) is 2.89. The van der Waals surface area contributed by atoms with E-state index in [1.165, 1.54) is 18.7 Å². The maximum Gasteiger partial charge on any atom is 0.165 e. The van der Waals surface area contributed by atoms with E-state index in [4.69, 9.17) is 9.47 Å². The van der Waals surface area contributed by atoms with Crippen molar-refractivity contribution in [1.82, 2.24) is 0 Å². The van der Waals surface area contributed by atoms with Crippen LogP contribution in [0.25, 0.3) is 0 Å². The van der Waals surface area contributed by atoms with Crippen molar-refractivity contribution >= 4 is 5.69 Å². The molecule has 2 aromatic carbocycles. The quantitative estimate of drug-likeness (QED) is 0.927. The molecule has 104 valence electrons. The van der Waals surface area contributed by atoms with Crippen molar-refractivity contribution in [2.75, 3.05) is 19.5 Å². The summed E-state index contributed by atoms with van der Waals surface area (Å²) in [5.74, 6) is 0.776. The van der Waals surface area contributed by atoms with E-state index in [-0.39, 0.29) is 17.6 Å². The molecule has 0 radical (unpaired) electrons. The van der Waals surface area contributed by atoms with Gasteiger partial charge in [-0.1, -0.05) is 6.07 Å². The molecule has 1 aliphatic heterocycles. The molecule has 0 aliphatic carbocycles. The molecule has 1 heterocycles. The second-order valence-electron chi connectivity index (χ2n) is 4.82. The summed E-state index contributed by atoms with van der Waals surface area (Å²) in [7, 11) is 3.12. The van der Waals surface area contributed by atoms with Crippen molar-refractivity contribution in [2.45, 2.75) is 12.5 Å². The van der Waals surface area contributed by atoms with Gasteiger partial charge in [-0.05, 0) is 47.9 Å². The largest absolute Gasteiger partial charge is 0.497 e. The fourth-order valence-electron chi connectivity index (χ4n) is 2.57. The van der Waals surface area contributed by atoms with E-state index in [1.54, 1.807) is 13.2 Å². The highest BCUT2D eigenvalue weighted by molar-refractivity contribution is 5.60. The Morgan fingerprint density at radius 2 is 1.95 bits per heavy atom. The number of methoxy groups -OCH3 is 2. The Labute approximate surface area is 117 Å². The van der Waals surface area contributed by atoms with Gasteiger partial charge in [0, 0.05) is 5.69 Å². The van der Waals surface area contributed by atoms with Gasteiger partial charge in [0.2, 0.25) is 0 Å².